The second kappa shape index (κ2) is 5.97. The molecule has 0 saturated carbocycles. The zero-order chi connectivity index (χ0) is 15.5. The van der Waals surface area contributed by atoms with E-state index in [1.54, 1.807) is 13.0 Å². The van der Waals surface area contributed by atoms with Gasteiger partial charge in [0.05, 0.1) is 0 Å². The molecule has 0 fully saturated rings. The largest absolute Gasteiger partial charge is 0.459 e. The molecular formula is C17H18O4. The first kappa shape index (κ1) is 15.1. The van der Waals surface area contributed by atoms with Gasteiger partial charge in [-0.3, -0.25) is 0 Å². The zero-order valence-corrected chi connectivity index (χ0v) is 12.1. The lowest BCUT2D eigenvalue weighted by atomic mass is 10.1. The molecule has 110 valence electrons. The minimum atomic E-state index is -1.60. The van der Waals surface area contributed by atoms with Crippen LogP contribution in [0, 0.1) is 0 Å². The Morgan fingerprint density at radius 3 is 2.57 bits per heavy atom. The normalized spacial score (nSPS) is 13.5. The molecule has 21 heavy (non-hydrogen) atoms. The van der Waals surface area contributed by atoms with Gasteiger partial charge in [-0.05, 0) is 29.8 Å². The fourth-order valence-corrected chi connectivity index (χ4v) is 1.84. The summed E-state index contributed by atoms with van der Waals surface area (Å²) in [5, 5.41) is 12.2. The third-order valence-electron chi connectivity index (χ3n) is 2.88. The quantitative estimate of drug-likeness (QED) is 0.521. The molecule has 0 aliphatic heterocycles. The molecule has 2 aromatic carbocycles. The van der Waals surface area contributed by atoms with Crippen LogP contribution in [-0.2, 0) is 9.53 Å². The molecule has 1 N–H and O–H groups in total. The van der Waals surface area contributed by atoms with Crippen molar-refractivity contribution in [2.45, 2.75) is 19.6 Å². The fraction of sp³-hybridized carbons (Fsp3) is 0.235. The summed E-state index contributed by atoms with van der Waals surface area (Å²) in [7, 11) is 0. The van der Waals surface area contributed by atoms with Gasteiger partial charge in [0.2, 0.25) is 5.79 Å². The molecule has 1 unspecified atom stereocenters. The van der Waals surface area contributed by atoms with Crippen LogP contribution in [0.25, 0.3) is 10.8 Å². The first-order chi connectivity index (χ1) is 9.87. The van der Waals surface area contributed by atoms with E-state index in [4.69, 9.17) is 9.47 Å². The topological polar surface area (TPSA) is 55.8 Å². The van der Waals surface area contributed by atoms with Crippen LogP contribution in [0.1, 0.15) is 13.8 Å². The molecule has 1 atom stereocenters. The minimum Gasteiger partial charge on any atom is -0.459 e. The number of carbonyl (C=O) groups is 1. The Bertz CT molecular complexity index is 673. The zero-order valence-electron chi connectivity index (χ0n) is 12.1. The Kier molecular flexibility index (Phi) is 4.29. The van der Waals surface area contributed by atoms with Gasteiger partial charge >= 0.3 is 5.97 Å². The maximum absolute atomic E-state index is 11.3. The second-order valence-electron chi connectivity index (χ2n) is 5.14. The summed E-state index contributed by atoms with van der Waals surface area (Å²) in [5.41, 5.74) is 0.275. The summed E-state index contributed by atoms with van der Waals surface area (Å²) in [5.74, 6) is -1.66. The summed E-state index contributed by atoms with van der Waals surface area (Å²) < 4.78 is 10.4. The van der Waals surface area contributed by atoms with Crippen molar-refractivity contribution < 1.29 is 19.4 Å². The summed E-state index contributed by atoms with van der Waals surface area (Å²) in [4.78, 5) is 11.3. The number of benzene rings is 2. The second-order valence-corrected chi connectivity index (χ2v) is 5.14. The summed E-state index contributed by atoms with van der Waals surface area (Å²) in [6, 6.07) is 13.3. The number of ether oxygens (including phenoxy) is 2. The number of rotatable bonds is 5. The summed E-state index contributed by atoms with van der Waals surface area (Å²) >= 11 is 0. The molecule has 0 aromatic heterocycles. The van der Waals surface area contributed by atoms with Crippen molar-refractivity contribution in [3.63, 3.8) is 0 Å². The van der Waals surface area contributed by atoms with E-state index in [9.17, 15) is 9.90 Å². The van der Waals surface area contributed by atoms with E-state index in [0.29, 0.717) is 5.75 Å². The van der Waals surface area contributed by atoms with Crippen molar-refractivity contribution in [3.05, 3.63) is 54.6 Å². The highest BCUT2D eigenvalue weighted by Gasteiger charge is 2.25. The summed E-state index contributed by atoms with van der Waals surface area (Å²) in [6.07, 6.45) is 0. The fourth-order valence-electron chi connectivity index (χ4n) is 1.84. The molecule has 2 rings (SSSR count). The number of hydrogen-bond acceptors (Lipinski definition) is 4. The molecule has 0 aliphatic rings. The Morgan fingerprint density at radius 1 is 1.24 bits per heavy atom. The first-order valence-electron chi connectivity index (χ1n) is 6.60. The van der Waals surface area contributed by atoms with Gasteiger partial charge in [-0.2, -0.15) is 0 Å². The highest BCUT2D eigenvalue weighted by molar-refractivity contribution is 5.87. The summed E-state index contributed by atoms with van der Waals surface area (Å²) in [6.45, 7) is 6.19. The predicted octanol–water partition coefficient (Wildman–Crippen LogP) is 3.05. The first-order valence-corrected chi connectivity index (χ1v) is 6.60. The Hall–Kier alpha value is -2.33. The van der Waals surface area contributed by atoms with Gasteiger partial charge in [0, 0.05) is 12.5 Å². The SMILES string of the molecule is C=C(C)C(=O)OCC(C)(O)Oc1ccc2ccccc2c1. The third kappa shape index (κ3) is 4.07. The van der Waals surface area contributed by atoms with Crippen LogP contribution in [0.2, 0.25) is 0 Å². The molecule has 0 saturated heterocycles. The van der Waals surface area contributed by atoms with Crippen LogP contribution in [0.5, 0.6) is 5.75 Å². The van der Waals surface area contributed by atoms with Gasteiger partial charge in [0.15, 0.2) is 6.61 Å². The molecular weight excluding hydrogens is 268 g/mol. The highest BCUT2D eigenvalue weighted by atomic mass is 16.7. The number of fused-ring (bicyclic) bond motifs is 1. The van der Waals surface area contributed by atoms with Gasteiger partial charge in [0.1, 0.15) is 5.75 Å². The van der Waals surface area contributed by atoms with E-state index >= 15 is 0 Å². The monoisotopic (exact) mass is 286 g/mol. The van der Waals surface area contributed by atoms with Gasteiger partial charge in [-0.1, -0.05) is 36.9 Å². The van der Waals surface area contributed by atoms with Crippen molar-refractivity contribution in [1.29, 1.82) is 0 Å². The molecule has 4 nitrogen and oxygen atoms in total. The van der Waals surface area contributed by atoms with Crippen LogP contribution in [0.3, 0.4) is 0 Å². The number of hydrogen-bond donors (Lipinski definition) is 1. The van der Waals surface area contributed by atoms with Crippen LogP contribution < -0.4 is 4.74 Å². The third-order valence-corrected chi connectivity index (χ3v) is 2.88. The van der Waals surface area contributed by atoms with Crippen molar-refractivity contribution in [1.82, 2.24) is 0 Å². The lowest BCUT2D eigenvalue weighted by Crippen LogP contribution is -2.38. The van der Waals surface area contributed by atoms with Crippen LogP contribution >= 0.6 is 0 Å². The van der Waals surface area contributed by atoms with Crippen LogP contribution in [0.15, 0.2) is 54.6 Å². The lowest BCUT2D eigenvalue weighted by molar-refractivity contribution is -0.176. The van der Waals surface area contributed by atoms with Crippen molar-refractivity contribution in [2.75, 3.05) is 6.61 Å². The van der Waals surface area contributed by atoms with Crippen molar-refractivity contribution in [3.8, 4) is 5.75 Å². The predicted molar refractivity (Wildman–Crippen MR) is 81.0 cm³/mol. The van der Waals surface area contributed by atoms with Gasteiger partial charge in [-0.15, -0.1) is 0 Å². The molecule has 2 aromatic rings. The molecule has 0 aliphatic carbocycles. The molecule has 4 heteroatoms. The van der Waals surface area contributed by atoms with Crippen molar-refractivity contribution in [2.24, 2.45) is 0 Å². The van der Waals surface area contributed by atoms with E-state index in [0.717, 1.165) is 10.8 Å². The molecule has 0 bridgehead atoms. The average Bonchev–Trinajstić information content (AvgIpc) is 2.44. The number of aliphatic hydroxyl groups is 1. The maximum atomic E-state index is 11.3. The minimum absolute atomic E-state index is 0.272. The lowest BCUT2D eigenvalue weighted by Gasteiger charge is -2.24. The van der Waals surface area contributed by atoms with E-state index in [1.807, 2.05) is 36.4 Å². The van der Waals surface area contributed by atoms with E-state index in [2.05, 4.69) is 6.58 Å². The average molecular weight is 286 g/mol. The Balaban J connectivity index is 2.07. The van der Waals surface area contributed by atoms with Gasteiger partial charge in [0.25, 0.3) is 0 Å². The van der Waals surface area contributed by atoms with Gasteiger partial charge in [-0.25, -0.2) is 4.79 Å². The van der Waals surface area contributed by atoms with E-state index in [-0.39, 0.29) is 12.2 Å². The van der Waals surface area contributed by atoms with Gasteiger partial charge < -0.3 is 14.6 Å². The molecule has 0 amide bonds. The van der Waals surface area contributed by atoms with Crippen molar-refractivity contribution >= 4 is 16.7 Å². The molecule has 0 heterocycles. The van der Waals surface area contributed by atoms with E-state index in [1.165, 1.54) is 6.92 Å². The number of carbonyl (C=O) groups excluding carboxylic acids is 1. The van der Waals surface area contributed by atoms with Crippen LogP contribution in [0.4, 0.5) is 0 Å². The Morgan fingerprint density at radius 2 is 1.90 bits per heavy atom. The Labute approximate surface area is 123 Å². The van der Waals surface area contributed by atoms with E-state index < -0.39 is 11.8 Å². The smallest absolute Gasteiger partial charge is 0.333 e. The molecule has 0 spiro atoms. The molecule has 0 radical (unpaired) electrons. The maximum Gasteiger partial charge on any atom is 0.333 e. The van der Waals surface area contributed by atoms with Crippen LogP contribution in [-0.4, -0.2) is 23.5 Å². The number of esters is 1. The standard InChI is InChI=1S/C17H18O4/c1-12(2)16(18)20-11-17(3,19)21-15-9-8-13-6-4-5-7-14(13)10-15/h4-10,19H,1,11H2,2-3H3. The highest BCUT2D eigenvalue weighted by Crippen LogP contribution is 2.23.